The second-order valence-corrected chi connectivity index (χ2v) is 1.22. The molecule has 6 nitrogen and oxygen atoms in total. The minimum Gasteiger partial charge on any atom is -0.759 e. The van der Waals surface area contributed by atoms with Crippen LogP contribution in [0, 0.1) is 41.7 Å². The maximum atomic E-state index is 8.52. The molecule has 0 saturated heterocycles. The van der Waals surface area contributed by atoms with Gasteiger partial charge in [-0.2, -0.15) is 0 Å². The van der Waals surface area contributed by atoms with Crippen molar-refractivity contribution in [1.82, 2.24) is 12.3 Å². The summed E-state index contributed by atoms with van der Waals surface area (Å²) in [5.74, 6) is 0. The van der Waals surface area contributed by atoms with E-state index in [1.54, 1.807) is 0 Å². The molecule has 0 saturated carbocycles. The topological polar surface area (TPSA) is 150 Å². The summed E-state index contributed by atoms with van der Waals surface area (Å²) in [7, 11) is -5.17. The van der Waals surface area contributed by atoms with E-state index in [-0.39, 0.29) is 54.0 Å². The van der Waals surface area contributed by atoms with E-state index in [0.29, 0.717) is 0 Å². The minimum absolute atomic E-state index is 0. The second kappa shape index (κ2) is 8.17. The Balaban J connectivity index is -0.0000000267. The first kappa shape index (κ1) is 22.9. The van der Waals surface area contributed by atoms with Gasteiger partial charge in [0.2, 0.25) is 0 Å². The monoisotopic (exact) mass is 270 g/mol. The van der Waals surface area contributed by atoms with Crippen LogP contribution in [0.2, 0.25) is 0 Å². The Hall–Kier alpha value is 1.17. The third-order valence-electron chi connectivity index (χ3n) is 0. The van der Waals surface area contributed by atoms with Gasteiger partial charge in [-0.15, -0.1) is 0 Å². The van der Waals surface area contributed by atoms with Crippen molar-refractivity contribution in [1.29, 1.82) is 0 Å². The first-order valence-electron chi connectivity index (χ1n) is 0.667. The Labute approximate surface area is 81.2 Å². The molecule has 0 fully saturated rings. The van der Waals surface area contributed by atoms with Crippen LogP contribution in [0.1, 0.15) is 0 Å². The van der Waals surface area contributed by atoms with Gasteiger partial charge in [0.1, 0.15) is 0 Å². The van der Waals surface area contributed by atoms with Crippen LogP contribution in [-0.4, -0.2) is 17.5 Å². The van der Waals surface area contributed by atoms with Crippen LogP contribution in [0.15, 0.2) is 0 Å². The molecular formula is H6CeN2O4S+. The fourth-order valence-electron chi connectivity index (χ4n) is 0. The van der Waals surface area contributed by atoms with Crippen molar-refractivity contribution in [2.75, 3.05) is 0 Å². The van der Waals surface area contributed by atoms with Crippen molar-refractivity contribution < 1.29 is 59.3 Å². The Morgan fingerprint density at radius 2 is 1.00 bits per heavy atom. The zero-order valence-corrected chi connectivity index (χ0v) is 7.91. The molecule has 8 heavy (non-hydrogen) atoms. The first-order chi connectivity index (χ1) is 2.00. The molecule has 0 aliphatic rings. The van der Waals surface area contributed by atoms with Gasteiger partial charge in [-0.3, -0.25) is 8.42 Å². The molecule has 0 aliphatic heterocycles. The molecule has 8 heteroatoms. The van der Waals surface area contributed by atoms with Gasteiger partial charge in [-0.25, -0.2) is 0 Å². The molecule has 0 bridgehead atoms. The molecule has 0 aromatic heterocycles. The van der Waals surface area contributed by atoms with Crippen molar-refractivity contribution in [3.05, 3.63) is 0 Å². The summed E-state index contributed by atoms with van der Waals surface area (Å²) in [5.41, 5.74) is 0. The normalized spacial score (nSPS) is 7.25. The fourth-order valence-corrected chi connectivity index (χ4v) is 0. The summed E-state index contributed by atoms with van der Waals surface area (Å²) in [4.78, 5) is 0. The van der Waals surface area contributed by atoms with E-state index >= 15 is 0 Å². The first-order valence-corrected chi connectivity index (χ1v) is 2.00. The summed E-state index contributed by atoms with van der Waals surface area (Å²) >= 11 is 0. The van der Waals surface area contributed by atoms with Crippen LogP contribution < -0.4 is 12.3 Å². The minimum atomic E-state index is -5.17. The van der Waals surface area contributed by atoms with Crippen LogP contribution in [0.25, 0.3) is 0 Å². The van der Waals surface area contributed by atoms with E-state index in [1.807, 2.05) is 0 Å². The molecule has 0 atom stereocenters. The number of hydrogen-bond acceptors (Lipinski definition) is 6. The smallest absolute Gasteiger partial charge is 0.759 e. The average Bonchev–Trinajstić information content (AvgIpc) is 0.722. The second-order valence-electron chi connectivity index (χ2n) is 0.408. The Morgan fingerprint density at radius 3 is 1.00 bits per heavy atom. The maximum Gasteiger partial charge on any atom is 3.00 e. The van der Waals surface area contributed by atoms with Gasteiger partial charge in [0.25, 0.3) is 0 Å². The van der Waals surface area contributed by atoms with Crippen LogP contribution in [-0.2, 0) is 10.4 Å². The summed E-state index contributed by atoms with van der Waals surface area (Å²) < 4.78 is 34.1. The predicted molar refractivity (Wildman–Crippen MR) is 20.5 cm³/mol. The molecule has 0 rings (SSSR count). The Morgan fingerprint density at radius 1 is 1.00 bits per heavy atom. The largest absolute Gasteiger partial charge is 3.00 e. The molecule has 0 heterocycles. The molecule has 49 valence electrons. The molecule has 0 spiro atoms. The van der Waals surface area contributed by atoms with Crippen LogP contribution in [0.3, 0.4) is 0 Å². The van der Waals surface area contributed by atoms with Gasteiger partial charge in [-0.1, -0.05) is 0 Å². The predicted octanol–water partition coefficient (Wildman–Crippen LogP) is -1.01. The molecule has 0 aromatic rings. The van der Waals surface area contributed by atoms with Crippen LogP contribution in [0.4, 0.5) is 0 Å². The van der Waals surface area contributed by atoms with E-state index in [0.717, 1.165) is 0 Å². The molecule has 0 aliphatic carbocycles. The van der Waals surface area contributed by atoms with E-state index < -0.39 is 10.4 Å². The third-order valence-corrected chi connectivity index (χ3v) is 0. The van der Waals surface area contributed by atoms with Gasteiger partial charge in [0.05, 0.1) is 0 Å². The summed E-state index contributed by atoms with van der Waals surface area (Å²) in [6, 6.07) is 0. The van der Waals surface area contributed by atoms with Gasteiger partial charge >= 0.3 is 41.7 Å². The average molecular weight is 270 g/mol. The number of rotatable bonds is 0. The Bertz CT molecular complexity index is 97.2. The SMILES string of the molecule is N.N.O=S(=O)([O-])[O-].[Ce+3]. The van der Waals surface area contributed by atoms with E-state index in [9.17, 15) is 0 Å². The molecule has 0 unspecified atom stereocenters. The summed E-state index contributed by atoms with van der Waals surface area (Å²) in [6.07, 6.45) is 0. The fraction of sp³-hybridized carbons (Fsp3) is 0. The van der Waals surface area contributed by atoms with Gasteiger partial charge < -0.3 is 21.4 Å². The number of hydrogen-bond donors (Lipinski definition) is 2. The van der Waals surface area contributed by atoms with E-state index in [2.05, 4.69) is 0 Å². The Kier molecular flexibility index (Phi) is 23.4. The standard InChI is InChI=1S/Ce.2H3N.H2O4S/c;;;1-5(2,3)4/h;2*1H3;(H2,1,2,3,4)/q+3;;;/p-2. The van der Waals surface area contributed by atoms with Crippen LogP contribution >= 0.6 is 0 Å². The van der Waals surface area contributed by atoms with Crippen molar-refractivity contribution in [2.24, 2.45) is 0 Å². The summed E-state index contributed by atoms with van der Waals surface area (Å²) in [6.45, 7) is 0. The summed E-state index contributed by atoms with van der Waals surface area (Å²) in [5, 5.41) is 0. The van der Waals surface area contributed by atoms with Gasteiger partial charge in [0, 0.05) is 10.4 Å². The maximum absolute atomic E-state index is 8.52. The van der Waals surface area contributed by atoms with Crippen molar-refractivity contribution in [2.45, 2.75) is 0 Å². The van der Waals surface area contributed by atoms with Crippen LogP contribution in [0.5, 0.6) is 0 Å². The quantitative estimate of drug-likeness (QED) is 0.425. The van der Waals surface area contributed by atoms with Crippen molar-refractivity contribution in [3.63, 3.8) is 0 Å². The van der Waals surface area contributed by atoms with E-state index in [1.165, 1.54) is 0 Å². The molecule has 0 aromatic carbocycles. The van der Waals surface area contributed by atoms with Crippen molar-refractivity contribution >= 4 is 10.4 Å². The third kappa shape index (κ3) is 200. The molecular weight excluding hydrogens is 264 g/mol. The zero-order valence-electron chi connectivity index (χ0n) is 3.96. The zero-order chi connectivity index (χ0) is 4.50. The van der Waals surface area contributed by atoms with Crippen molar-refractivity contribution in [3.8, 4) is 0 Å². The molecule has 1 radical (unpaired) electrons. The molecule has 6 N–H and O–H groups in total. The van der Waals surface area contributed by atoms with Gasteiger partial charge in [-0.05, 0) is 0 Å². The molecule has 0 amide bonds. The van der Waals surface area contributed by atoms with E-state index in [4.69, 9.17) is 17.5 Å². The van der Waals surface area contributed by atoms with Gasteiger partial charge in [0.15, 0.2) is 0 Å².